The van der Waals surface area contributed by atoms with Gasteiger partial charge in [-0.05, 0) is 104 Å². The van der Waals surface area contributed by atoms with E-state index in [2.05, 4.69) is 19.0 Å². The SMILES string of the molecule is C/C(=N\OC(=O)c1ccc(CN)cc1)[C@H]1CC[C@H]2[C@@H]3CCC4=CC(=O)CC[C@]4(C)[C@H]3CC[C@]12C.Cl. The second-order valence-corrected chi connectivity index (χ2v) is 11.7. The summed E-state index contributed by atoms with van der Waals surface area (Å²) in [7, 11) is 0. The minimum Gasteiger partial charge on any atom is -0.326 e. The molecule has 0 aliphatic heterocycles. The van der Waals surface area contributed by atoms with Crippen LogP contribution in [0.5, 0.6) is 0 Å². The average Bonchev–Trinajstić information content (AvgIpc) is 3.20. The summed E-state index contributed by atoms with van der Waals surface area (Å²) in [5.74, 6) is 2.34. The highest BCUT2D eigenvalue weighted by atomic mass is 35.5. The van der Waals surface area contributed by atoms with Gasteiger partial charge in [0.1, 0.15) is 0 Å². The number of carbonyl (C=O) groups is 2. The van der Waals surface area contributed by atoms with Crippen LogP contribution in [0.15, 0.2) is 41.1 Å². The highest BCUT2D eigenvalue weighted by Gasteiger charge is 2.59. The van der Waals surface area contributed by atoms with Gasteiger partial charge in [-0.2, -0.15) is 0 Å². The maximum absolute atomic E-state index is 12.5. The summed E-state index contributed by atoms with van der Waals surface area (Å²) in [6.07, 6.45) is 10.7. The minimum atomic E-state index is -0.419. The quantitative estimate of drug-likeness (QED) is 0.302. The van der Waals surface area contributed by atoms with Crippen LogP contribution in [0.4, 0.5) is 0 Å². The van der Waals surface area contributed by atoms with Crippen molar-refractivity contribution >= 4 is 29.9 Å². The van der Waals surface area contributed by atoms with Gasteiger partial charge in [0.25, 0.3) is 0 Å². The average molecular weight is 499 g/mol. The number of nitrogens with two attached hydrogens (primary N) is 1. The van der Waals surface area contributed by atoms with Crippen molar-refractivity contribution in [3.05, 3.63) is 47.0 Å². The van der Waals surface area contributed by atoms with Crippen molar-refractivity contribution in [3.8, 4) is 0 Å². The zero-order valence-electron chi connectivity index (χ0n) is 21.2. The van der Waals surface area contributed by atoms with E-state index in [0.717, 1.165) is 36.5 Å². The normalized spacial score (nSPS) is 36.3. The Morgan fingerprint density at radius 2 is 1.80 bits per heavy atom. The number of carbonyl (C=O) groups excluding carboxylic acids is 2. The fraction of sp³-hybridized carbons (Fsp3) is 0.621. The molecule has 0 saturated heterocycles. The highest BCUT2D eigenvalue weighted by molar-refractivity contribution is 5.92. The largest absolute Gasteiger partial charge is 0.365 e. The molecule has 4 aliphatic rings. The van der Waals surface area contributed by atoms with Gasteiger partial charge in [0.15, 0.2) is 5.78 Å². The number of hydrogen-bond donors (Lipinski definition) is 1. The number of rotatable bonds is 4. The van der Waals surface area contributed by atoms with Gasteiger partial charge >= 0.3 is 5.97 Å². The molecule has 2 N–H and O–H groups in total. The molecule has 6 heteroatoms. The molecule has 1 aromatic rings. The molecule has 35 heavy (non-hydrogen) atoms. The summed E-state index contributed by atoms with van der Waals surface area (Å²) >= 11 is 0. The maximum atomic E-state index is 12.5. The molecular weight excluding hydrogens is 460 g/mol. The van der Waals surface area contributed by atoms with Gasteiger partial charge in [-0.25, -0.2) is 4.79 Å². The number of hydrogen-bond acceptors (Lipinski definition) is 5. The summed E-state index contributed by atoms with van der Waals surface area (Å²) in [6.45, 7) is 7.37. The zero-order valence-corrected chi connectivity index (χ0v) is 22.0. The van der Waals surface area contributed by atoms with Crippen LogP contribution in [0, 0.1) is 34.5 Å². The Morgan fingerprint density at radius 1 is 1.06 bits per heavy atom. The van der Waals surface area contributed by atoms with Crippen LogP contribution >= 0.6 is 12.4 Å². The fourth-order valence-corrected chi connectivity index (χ4v) is 8.25. The van der Waals surface area contributed by atoms with E-state index in [1.54, 1.807) is 12.1 Å². The predicted molar refractivity (Wildman–Crippen MR) is 140 cm³/mol. The summed E-state index contributed by atoms with van der Waals surface area (Å²) < 4.78 is 0. The van der Waals surface area contributed by atoms with Crippen LogP contribution in [0.1, 0.15) is 88.1 Å². The summed E-state index contributed by atoms with van der Waals surface area (Å²) in [4.78, 5) is 30.0. The molecule has 3 saturated carbocycles. The van der Waals surface area contributed by atoms with Crippen molar-refractivity contribution < 1.29 is 14.4 Å². The van der Waals surface area contributed by atoms with Crippen LogP contribution in [-0.2, 0) is 16.2 Å². The van der Waals surface area contributed by atoms with Gasteiger partial charge in [-0.3, -0.25) is 4.79 Å². The number of nitrogens with zero attached hydrogens (tertiary/aromatic N) is 1. The molecule has 3 fully saturated rings. The molecule has 190 valence electrons. The van der Waals surface area contributed by atoms with E-state index in [4.69, 9.17) is 10.6 Å². The van der Waals surface area contributed by atoms with Crippen molar-refractivity contribution in [1.29, 1.82) is 0 Å². The molecule has 0 radical (unpaired) electrons. The molecular formula is C29H39ClN2O3. The first-order valence-electron chi connectivity index (χ1n) is 13.0. The molecule has 0 amide bonds. The molecule has 4 aliphatic carbocycles. The molecule has 6 atom stereocenters. The van der Waals surface area contributed by atoms with E-state index in [9.17, 15) is 9.59 Å². The first kappa shape index (κ1) is 26.1. The monoisotopic (exact) mass is 498 g/mol. The Balaban J connectivity index is 0.00000289. The summed E-state index contributed by atoms with van der Waals surface area (Å²) in [5, 5.41) is 4.35. The van der Waals surface area contributed by atoms with Crippen molar-refractivity contribution in [3.63, 3.8) is 0 Å². The van der Waals surface area contributed by atoms with E-state index in [0.29, 0.717) is 42.1 Å². The van der Waals surface area contributed by atoms with Gasteiger partial charge in [-0.15, -0.1) is 12.4 Å². The van der Waals surface area contributed by atoms with Gasteiger partial charge in [0, 0.05) is 18.9 Å². The maximum Gasteiger partial charge on any atom is 0.365 e. The molecule has 0 unspecified atom stereocenters. The highest BCUT2D eigenvalue weighted by Crippen LogP contribution is 2.66. The Hall–Kier alpha value is -1.98. The zero-order chi connectivity index (χ0) is 24.1. The smallest absolute Gasteiger partial charge is 0.326 e. The predicted octanol–water partition coefficient (Wildman–Crippen LogP) is 6.25. The van der Waals surface area contributed by atoms with Crippen molar-refractivity contribution in [2.75, 3.05) is 0 Å². The van der Waals surface area contributed by atoms with Gasteiger partial charge in [0.2, 0.25) is 0 Å². The van der Waals surface area contributed by atoms with Crippen molar-refractivity contribution in [2.24, 2.45) is 45.4 Å². The molecule has 5 rings (SSSR count). The lowest BCUT2D eigenvalue weighted by atomic mass is 9.46. The van der Waals surface area contributed by atoms with Crippen LogP contribution < -0.4 is 5.73 Å². The molecule has 5 nitrogen and oxygen atoms in total. The van der Waals surface area contributed by atoms with Crippen LogP contribution in [-0.4, -0.2) is 17.5 Å². The lowest BCUT2D eigenvalue weighted by Gasteiger charge is -2.58. The minimum absolute atomic E-state index is 0. The topological polar surface area (TPSA) is 81.8 Å². The van der Waals surface area contributed by atoms with Crippen LogP contribution in [0.2, 0.25) is 0 Å². The third-order valence-corrected chi connectivity index (χ3v) is 10.2. The Morgan fingerprint density at radius 3 is 2.51 bits per heavy atom. The molecule has 0 bridgehead atoms. The second-order valence-electron chi connectivity index (χ2n) is 11.7. The summed E-state index contributed by atoms with van der Waals surface area (Å²) in [6, 6.07) is 7.19. The lowest BCUT2D eigenvalue weighted by molar-refractivity contribution is -0.117. The Kier molecular flexibility index (Phi) is 7.32. The fourth-order valence-electron chi connectivity index (χ4n) is 8.25. The van der Waals surface area contributed by atoms with Gasteiger partial charge in [0.05, 0.1) is 11.3 Å². The number of benzene rings is 1. The number of ketones is 1. The number of oxime groups is 1. The first-order chi connectivity index (χ1) is 16.3. The number of allylic oxidation sites excluding steroid dienone is 1. The van der Waals surface area contributed by atoms with E-state index in [1.807, 2.05) is 25.1 Å². The van der Waals surface area contributed by atoms with E-state index in [1.165, 1.54) is 31.3 Å². The number of halogens is 1. The van der Waals surface area contributed by atoms with Crippen LogP contribution in [0.3, 0.4) is 0 Å². The third-order valence-electron chi connectivity index (χ3n) is 10.2. The molecule has 1 aromatic carbocycles. The Labute approximate surface area is 215 Å². The van der Waals surface area contributed by atoms with E-state index >= 15 is 0 Å². The second kappa shape index (κ2) is 9.82. The van der Waals surface area contributed by atoms with Crippen molar-refractivity contribution in [2.45, 2.75) is 78.7 Å². The lowest BCUT2D eigenvalue weighted by Crippen LogP contribution is -2.51. The van der Waals surface area contributed by atoms with Crippen LogP contribution in [0.25, 0.3) is 0 Å². The van der Waals surface area contributed by atoms with E-state index < -0.39 is 5.97 Å². The molecule has 0 spiro atoms. The van der Waals surface area contributed by atoms with Crippen molar-refractivity contribution in [1.82, 2.24) is 0 Å². The molecule has 0 heterocycles. The number of fused-ring (bicyclic) bond motifs is 5. The summed E-state index contributed by atoms with van der Waals surface area (Å²) in [5.41, 5.74) is 9.89. The third kappa shape index (κ3) is 4.40. The van der Waals surface area contributed by atoms with E-state index in [-0.39, 0.29) is 23.2 Å². The standard InChI is InChI=1S/C29H38N2O3.ClH/c1-18(31-34-27(33)20-6-4-19(17-30)5-7-20)24-10-11-25-23-9-8-21-16-22(32)12-14-28(21,2)26(23)13-15-29(24,25)3;/h4-7,16,23-26H,8-15,17,30H2,1-3H3;1H/b31-18+;/t23-,24+,25-,26-,28-,29+;/m0./s1. The first-order valence-corrected chi connectivity index (χ1v) is 13.0. The van der Waals surface area contributed by atoms with Gasteiger partial charge < -0.3 is 10.6 Å². The molecule has 0 aromatic heterocycles. The van der Waals surface area contributed by atoms with Gasteiger partial charge in [-0.1, -0.05) is 36.7 Å². The Bertz CT molecular complexity index is 1050.